The van der Waals surface area contributed by atoms with E-state index in [1.807, 2.05) is 35.2 Å². The van der Waals surface area contributed by atoms with E-state index < -0.39 is 5.60 Å². The van der Waals surface area contributed by atoms with Crippen molar-refractivity contribution >= 4 is 16.9 Å². The van der Waals surface area contributed by atoms with Crippen LogP contribution in [0.25, 0.3) is 11.0 Å². The molecule has 1 amide bonds. The van der Waals surface area contributed by atoms with Crippen molar-refractivity contribution in [3.8, 4) is 5.75 Å². The molecular weight excluding hydrogens is 454 g/mol. The predicted molar refractivity (Wildman–Crippen MR) is 137 cm³/mol. The first-order valence-electron chi connectivity index (χ1n) is 13.3. The average molecular weight is 488 g/mol. The zero-order valence-corrected chi connectivity index (χ0v) is 20.6. The molecule has 0 radical (unpaired) electrons. The third-order valence-electron chi connectivity index (χ3n) is 8.59. The van der Waals surface area contributed by atoms with Gasteiger partial charge in [-0.1, -0.05) is 43.2 Å². The van der Waals surface area contributed by atoms with E-state index in [-0.39, 0.29) is 30.1 Å². The lowest BCUT2D eigenvalue weighted by atomic mass is 9.66. The second-order valence-corrected chi connectivity index (χ2v) is 10.6. The highest BCUT2D eigenvalue weighted by molar-refractivity contribution is 5.83. The predicted octanol–water partition coefficient (Wildman–Crippen LogP) is 4.95. The Balaban J connectivity index is 1.23. The van der Waals surface area contributed by atoms with Gasteiger partial charge in [-0.3, -0.25) is 4.79 Å². The largest absolute Gasteiger partial charge is 0.484 e. The Hall–Kier alpha value is -3.12. The molecule has 1 aromatic heterocycles. The van der Waals surface area contributed by atoms with Gasteiger partial charge in [-0.05, 0) is 68.2 Å². The summed E-state index contributed by atoms with van der Waals surface area (Å²) in [6, 6.07) is 15.4. The molecular formula is C30H33NO5. The highest BCUT2D eigenvalue weighted by Crippen LogP contribution is 2.49. The van der Waals surface area contributed by atoms with Gasteiger partial charge >= 0.3 is 5.63 Å². The van der Waals surface area contributed by atoms with Crippen LogP contribution in [0.15, 0.2) is 57.7 Å². The quantitative estimate of drug-likeness (QED) is 0.527. The van der Waals surface area contributed by atoms with Crippen molar-refractivity contribution in [3.05, 3.63) is 75.6 Å². The van der Waals surface area contributed by atoms with Gasteiger partial charge in [0.15, 0.2) is 6.61 Å². The first-order valence-corrected chi connectivity index (χ1v) is 13.3. The molecule has 36 heavy (non-hydrogen) atoms. The Bertz CT molecular complexity index is 1330. The standard InChI is InChI=1S/C30H33NO5/c32-27(19-35-21-13-14-23-22-10-4-5-11-24(22)29(33)36-26(23)18-21)31-17-16-30(34)15-7-6-12-25(30)28(31)20-8-2-1-3-9-20/h1-3,8-9,13-14,18,25,28,34H,4-7,10-12,15-17,19H2/t25-,28+,30+/m1/s1. The fraction of sp³-hybridized carbons (Fsp3) is 0.467. The summed E-state index contributed by atoms with van der Waals surface area (Å²) in [4.78, 5) is 27.9. The van der Waals surface area contributed by atoms with Crippen LogP contribution in [-0.4, -0.2) is 34.7 Å². The van der Waals surface area contributed by atoms with E-state index in [4.69, 9.17) is 9.15 Å². The van der Waals surface area contributed by atoms with E-state index in [1.54, 1.807) is 6.07 Å². The fourth-order valence-electron chi connectivity index (χ4n) is 6.77. The lowest BCUT2D eigenvalue weighted by Gasteiger charge is -2.52. The van der Waals surface area contributed by atoms with Crippen LogP contribution in [0.5, 0.6) is 5.75 Å². The Morgan fingerprint density at radius 1 is 1.03 bits per heavy atom. The number of hydrogen-bond acceptors (Lipinski definition) is 5. The van der Waals surface area contributed by atoms with Crippen LogP contribution < -0.4 is 10.4 Å². The van der Waals surface area contributed by atoms with Crippen molar-refractivity contribution in [1.29, 1.82) is 0 Å². The summed E-state index contributed by atoms with van der Waals surface area (Å²) in [6.45, 7) is 0.405. The number of ether oxygens (including phenoxy) is 1. The molecule has 2 aliphatic carbocycles. The SMILES string of the molecule is O=C(COc1ccc2c3c(c(=O)oc2c1)CCCC3)N1CC[C@@]2(O)CCCC[C@@H]2[C@@H]1c1ccccc1. The molecule has 3 atom stereocenters. The van der Waals surface area contributed by atoms with Crippen LogP contribution in [0.2, 0.25) is 0 Å². The van der Waals surface area contributed by atoms with E-state index in [2.05, 4.69) is 12.1 Å². The van der Waals surface area contributed by atoms with Gasteiger partial charge in [-0.2, -0.15) is 0 Å². The molecule has 1 saturated carbocycles. The third-order valence-corrected chi connectivity index (χ3v) is 8.59. The van der Waals surface area contributed by atoms with Crippen molar-refractivity contribution in [3.63, 3.8) is 0 Å². The number of carbonyl (C=O) groups is 1. The van der Waals surface area contributed by atoms with Gasteiger partial charge in [0, 0.05) is 29.5 Å². The van der Waals surface area contributed by atoms with Gasteiger partial charge in [-0.25, -0.2) is 4.79 Å². The number of piperidine rings is 1. The number of rotatable bonds is 4. The van der Waals surface area contributed by atoms with Crippen LogP contribution >= 0.6 is 0 Å². The zero-order valence-electron chi connectivity index (χ0n) is 20.6. The maximum Gasteiger partial charge on any atom is 0.339 e. The molecule has 1 aliphatic heterocycles. The Morgan fingerprint density at radius 2 is 1.83 bits per heavy atom. The summed E-state index contributed by atoms with van der Waals surface area (Å²) >= 11 is 0. The Morgan fingerprint density at radius 3 is 2.67 bits per heavy atom. The second-order valence-electron chi connectivity index (χ2n) is 10.6. The normalized spacial score (nSPS) is 25.8. The lowest BCUT2D eigenvalue weighted by molar-refractivity contribution is -0.157. The molecule has 0 spiro atoms. The minimum Gasteiger partial charge on any atom is -0.484 e. The number of likely N-dealkylation sites (tertiary alicyclic amines) is 1. The van der Waals surface area contributed by atoms with E-state index in [0.29, 0.717) is 24.3 Å². The maximum atomic E-state index is 13.5. The molecule has 1 N–H and O–H groups in total. The van der Waals surface area contributed by atoms with Gasteiger partial charge in [0.2, 0.25) is 0 Å². The van der Waals surface area contributed by atoms with Crippen LogP contribution in [0.1, 0.15) is 67.7 Å². The number of hydrogen-bond donors (Lipinski definition) is 1. The van der Waals surface area contributed by atoms with Gasteiger partial charge in [0.05, 0.1) is 11.6 Å². The number of aryl methyl sites for hydroxylation is 1. The maximum absolute atomic E-state index is 13.5. The minimum absolute atomic E-state index is 0.0208. The molecule has 6 rings (SSSR count). The van der Waals surface area contributed by atoms with E-state index in [9.17, 15) is 14.7 Å². The first-order chi connectivity index (χ1) is 17.5. The second kappa shape index (κ2) is 9.40. The molecule has 0 bridgehead atoms. The number of aliphatic hydroxyl groups is 1. The van der Waals surface area contributed by atoms with E-state index >= 15 is 0 Å². The van der Waals surface area contributed by atoms with E-state index in [0.717, 1.165) is 73.4 Å². The summed E-state index contributed by atoms with van der Waals surface area (Å²) in [7, 11) is 0. The molecule has 3 aliphatic rings. The summed E-state index contributed by atoms with van der Waals surface area (Å²) in [5, 5.41) is 12.4. The number of amides is 1. The average Bonchev–Trinajstić information content (AvgIpc) is 2.91. The highest BCUT2D eigenvalue weighted by Gasteiger charge is 2.50. The van der Waals surface area contributed by atoms with Gasteiger partial charge in [0.25, 0.3) is 5.91 Å². The molecule has 6 nitrogen and oxygen atoms in total. The molecule has 6 heteroatoms. The number of fused-ring (bicyclic) bond motifs is 4. The van der Waals surface area contributed by atoms with Crippen molar-refractivity contribution in [2.45, 2.75) is 69.4 Å². The van der Waals surface area contributed by atoms with Crippen molar-refractivity contribution < 1.29 is 19.1 Å². The molecule has 0 unspecified atom stereocenters. The van der Waals surface area contributed by atoms with Gasteiger partial charge < -0.3 is 19.2 Å². The van der Waals surface area contributed by atoms with Crippen molar-refractivity contribution in [1.82, 2.24) is 4.90 Å². The molecule has 2 aromatic carbocycles. The molecule has 188 valence electrons. The summed E-state index contributed by atoms with van der Waals surface area (Å²) in [5.41, 5.74) is 2.49. The minimum atomic E-state index is -0.717. The van der Waals surface area contributed by atoms with Crippen molar-refractivity contribution in [2.75, 3.05) is 13.2 Å². The first kappa shape index (κ1) is 23.3. The number of carbonyl (C=O) groups excluding carboxylic acids is 1. The van der Waals surface area contributed by atoms with Crippen LogP contribution in [0.4, 0.5) is 0 Å². The Kier molecular flexibility index (Phi) is 6.08. The molecule has 2 heterocycles. The molecule has 3 aromatic rings. The number of nitrogens with zero attached hydrogens (tertiary/aromatic N) is 1. The Labute approximate surface area is 210 Å². The highest BCUT2D eigenvalue weighted by atomic mass is 16.5. The topological polar surface area (TPSA) is 80.0 Å². The van der Waals surface area contributed by atoms with Crippen LogP contribution in [0.3, 0.4) is 0 Å². The lowest BCUT2D eigenvalue weighted by Crippen LogP contribution is -2.56. The van der Waals surface area contributed by atoms with Crippen molar-refractivity contribution in [2.24, 2.45) is 5.92 Å². The number of benzene rings is 2. The molecule has 1 saturated heterocycles. The zero-order chi connectivity index (χ0) is 24.7. The molecule has 2 fully saturated rings. The smallest absolute Gasteiger partial charge is 0.339 e. The van der Waals surface area contributed by atoms with Crippen LogP contribution in [-0.2, 0) is 17.6 Å². The monoisotopic (exact) mass is 487 g/mol. The van der Waals surface area contributed by atoms with Gasteiger partial charge in [0.1, 0.15) is 11.3 Å². The summed E-state index contributed by atoms with van der Waals surface area (Å²) in [5.74, 6) is 0.438. The summed E-state index contributed by atoms with van der Waals surface area (Å²) in [6.07, 6.45) is 8.17. The van der Waals surface area contributed by atoms with Gasteiger partial charge in [-0.15, -0.1) is 0 Å². The third kappa shape index (κ3) is 4.11. The van der Waals surface area contributed by atoms with E-state index in [1.165, 1.54) is 0 Å². The summed E-state index contributed by atoms with van der Waals surface area (Å²) < 4.78 is 11.6. The van der Waals surface area contributed by atoms with Crippen LogP contribution in [0, 0.1) is 5.92 Å². The fourth-order valence-corrected chi connectivity index (χ4v) is 6.77.